The number of nitrogens with one attached hydrogen (secondary N) is 1. The number of fused-ring (bicyclic) bond motifs is 1. The number of carbonyl (C=O) groups is 3. The Morgan fingerprint density at radius 2 is 1.84 bits per heavy atom. The van der Waals surface area contributed by atoms with Crippen LogP contribution in [-0.4, -0.2) is 81.2 Å². The summed E-state index contributed by atoms with van der Waals surface area (Å²) in [7, 11) is 5.05. The van der Waals surface area contributed by atoms with E-state index in [4.69, 9.17) is 20.4 Å². The van der Waals surface area contributed by atoms with E-state index < -0.39 is 5.97 Å². The number of hydrogen-bond donors (Lipinski definition) is 3. The normalized spacial score (nSPS) is 16.7. The lowest BCUT2D eigenvalue weighted by molar-refractivity contribution is -0.138. The molecule has 0 spiro atoms. The lowest BCUT2D eigenvalue weighted by Crippen LogP contribution is -2.32. The zero-order chi connectivity index (χ0) is 38.8. The summed E-state index contributed by atoms with van der Waals surface area (Å²) in [5, 5.41) is 16.7. The summed E-state index contributed by atoms with van der Waals surface area (Å²) in [5.74, 6) is 1.15. The van der Waals surface area contributed by atoms with E-state index in [9.17, 15) is 9.59 Å². The van der Waals surface area contributed by atoms with Gasteiger partial charge in [0.2, 0.25) is 12.3 Å². The number of nitrogens with zero attached hydrogens (tertiary/aromatic N) is 5. The van der Waals surface area contributed by atoms with Gasteiger partial charge in [-0.1, -0.05) is 45.3 Å². The number of carboxylic acid groups (broad SMARTS) is 1. The van der Waals surface area contributed by atoms with Crippen molar-refractivity contribution in [1.82, 2.24) is 30.0 Å². The topological polar surface area (TPSA) is 166 Å². The molecule has 4 N–H and O–H groups in total. The standard InChI is InChI=1S/C14H27NO.C11H10N4OS.C6H8O2.C3H7N.C2H5NO.C2H4/c1-3-4-5-6-7-10-14(16)12-15-11-8-9-13(15)2;1-15-8(3-5-12-15)10-13-7-4-6-17-9(7)11(14-10)16-2;1-2-4-3-5(4)6(7)8;1-3(2)4;1-3-2-4;1-2/h13H,3-12H2,1-2H3;3-6H,1-2H3;2,4-5H,1,3H2,(H,7,8);1,4H2,2H3;2H,1H3,(H,3,4);1-2H2. The number of ketones is 1. The number of allylic oxidation sites excluding steroid dienone is 2. The molecule has 1 aliphatic heterocycles. The van der Waals surface area contributed by atoms with Crippen molar-refractivity contribution in [3.63, 3.8) is 0 Å². The monoisotopic (exact) mass is 727 g/mol. The molecule has 3 atom stereocenters. The third-order valence-electron chi connectivity index (χ3n) is 7.72. The van der Waals surface area contributed by atoms with E-state index in [2.05, 4.69) is 65.4 Å². The van der Waals surface area contributed by atoms with Crippen LogP contribution in [-0.2, 0) is 21.4 Å². The van der Waals surface area contributed by atoms with Gasteiger partial charge >= 0.3 is 5.97 Å². The summed E-state index contributed by atoms with van der Waals surface area (Å²) >= 11 is 1.58. The van der Waals surface area contributed by atoms with Crippen LogP contribution in [0.1, 0.15) is 78.6 Å². The molecule has 13 heteroatoms. The number of rotatable bonds is 13. The first kappa shape index (κ1) is 46.6. The second-order valence-corrected chi connectivity index (χ2v) is 12.9. The summed E-state index contributed by atoms with van der Waals surface area (Å²) in [6, 6.07) is 4.47. The van der Waals surface area contributed by atoms with Gasteiger partial charge in [0.1, 0.15) is 16.2 Å². The third kappa shape index (κ3) is 19.0. The van der Waals surface area contributed by atoms with Crippen molar-refractivity contribution in [2.24, 2.45) is 24.6 Å². The smallest absolute Gasteiger partial charge is 0.307 e. The quantitative estimate of drug-likeness (QED) is 0.0945. The van der Waals surface area contributed by atoms with Gasteiger partial charge < -0.3 is 20.9 Å². The van der Waals surface area contributed by atoms with Crippen molar-refractivity contribution in [1.29, 1.82) is 0 Å². The highest BCUT2D eigenvalue weighted by Gasteiger charge is 2.40. The highest BCUT2D eigenvalue weighted by molar-refractivity contribution is 7.17. The Morgan fingerprint density at radius 3 is 2.29 bits per heavy atom. The molecule has 1 aliphatic carbocycles. The lowest BCUT2D eigenvalue weighted by atomic mass is 10.1. The molecule has 3 aromatic heterocycles. The number of aliphatic carboxylic acids is 1. The molecule has 1 saturated heterocycles. The fourth-order valence-electron chi connectivity index (χ4n) is 4.90. The van der Waals surface area contributed by atoms with Crippen molar-refractivity contribution < 1.29 is 24.2 Å². The molecule has 2 fully saturated rings. The molecular weight excluding hydrogens is 667 g/mol. The lowest BCUT2D eigenvalue weighted by Gasteiger charge is -2.19. The van der Waals surface area contributed by atoms with Crippen LogP contribution < -0.4 is 15.8 Å². The number of thiophene rings is 1. The number of hydrogen-bond acceptors (Lipinski definition) is 10. The van der Waals surface area contributed by atoms with Gasteiger partial charge in [-0.15, -0.1) is 31.1 Å². The molecule has 1 amide bonds. The second kappa shape index (κ2) is 27.4. The van der Waals surface area contributed by atoms with Crippen LogP contribution in [0.2, 0.25) is 0 Å². The van der Waals surface area contributed by atoms with Crippen molar-refractivity contribution in [3.8, 4) is 17.4 Å². The number of aromatic nitrogens is 4. The van der Waals surface area contributed by atoms with Crippen molar-refractivity contribution in [2.45, 2.75) is 84.6 Å². The van der Waals surface area contributed by atoms with Crippen molar-refractivity contribution in [3.05, 3.63) is 61.8 Å². The molecule has 4 heterocycles. The van der Waals surface area contributed by atoms with Crippen LogP contribution in [0, 0.1) is 11.8 Å². The van der Waals surface area contributed by atoms with Crippen LogP contribution in [0.15, 0.2) is 61.8 Å². The predicted octanol–water partition coefficient (Wildman–Crippen LogP) is 7.04. The molecule has 0 aromatic carbocycles. The van der Waals surface area contributed by atoms with E-state index in [-0.39, 0.29) is 11.8 Å². The Morgan fingerprint density at radius 1 is 1.20 bits per heavy atom. The number of likely N-dealkylation sites (tertiary alicyclic amines) is 1. The number of methoxy groups -OCH3 is 1. The molecule has 1 saturated carbocycles. The van der Waals surface area contributed by atoms with Gasteiger partial charge in [0, 0.05) is 32.8 Å². The SMILES string of the molecule is C=C.C=C(C)N.C=CC1CC1C(=O)O.CCCCCCCC(=O)CN1CCCC1C.CNC=O.COc1nc(-c2ccnn2C)nc2ccsc12. The summed E-state index contributed by atoms with van der Waals surface area (Å²) in [6.45, 7) is 20.9. The van der Waals surface area contributed by atoms with E-state index >= 15 is 0 Å². The Balaban J connectivity index is 0.000000675. The maximum Gasteiger partial charge on any atom is 0.307 e. The van der Waals surface area contributed by atoms with Crippen LogP contribution in [0.25, 0.3) is 21.7 Å². The minimum atomic E-state index is -0.685. The average Bonchev–Trinajstić information content (AvgIpc) is 3.33. The van der Waals surface area contributed by atoms with Gasteiger partial charge in [-0.05, 0) is 75.2 Å². The third-order valence-corrected chi connectivity index (χ3v) is 8.61. The number of aryl methyl sites for hydroxylation is 1. The first-order valence-corrected chi connectivity index (χ1v) is 18.2. The summed E-state index contributed by atoms with van der Waals surface area (Å²) in [5.41, 5.74) is 7.36. The average molecular weight is 728 g/mol. The Bertz CT molecular complexity index is 1450. The van der Waals surface area contributed by atoms with E-state index in [0.717, 1.165) is 41.7 Å². The summed E-state index contributed by atoms with van der Waals surface area (Å²) in [4.78, 5) is 42.1. The first-order valence-electron chi connectivity index (χ1n) is 17.3. The minimum absolute atomic E-state index is 0.118. The zero-order valence-corrected chi connectivity index (χ0v) is 32.4. The van der Waals surface area contributed by atoms with Gasteiger partial charge in [0.15, 0.2) is 5.82 Å². The number of carbonyl (C=O) groups excluding carboxylic acids is 2. The molecule has 284 valence electrons. The van der Waals surface area contributed by atoms with Gasteiger partial charge in [0.25, 0.3) is 0 Å². The van der Waals surface area contributed by atoms with Crippen molar-refractivity contribution >= 4 is 39.7 Å². The number of amides is 1. The molecule has 5 rings (SSSR count). The molecule has 3 unspecified atom stereocenters. The van der Waals surface area contributed by atoms with E-state index in [1.165, 1.54) is 38.5 Å². The van der Waals surface area contributed by atoms with Gasteiger partial charge in [-0.2, -0.15) is 10.1 Å². The van der Waals surface area contributed by atoms with Crippen LogP contribution >= 0.6 is 11.3 Å². The fraction of sp³-hybridized carbons (Fsp3) is 0.526. The Kier molecular flexibility index (Phi) is 25.0. The number of Topliss-reactive ketones (excluding diaryl/α,β-unsaturated/α-hetero) is 1. The second-order valence-electron chi connectivity index (χ2n) is 12.0. The van der Waals surface area contributed by atoms with E-state index in [1.807, 2.05) is 24.6 Å². The maximum absolute atomic E-state index is 11.7. The molecule has 3 aromatic rings. The van der Waals surface area contributed by atoms with Crippen LogP contribution in [0.4, 0.5) is 0 Å². The molecule has 2 aliphatic rings. The number of nitrogens with two attached hydrogens (primary N) is 1. The number of unbranched alkanes of at least 4 members (excludes halogenated alkanes) is 4. The molecule has 0 radical (unpaired) electrons. The minimum Gasteiger partial charge on any atom is -0.481 e. The number of ether oxygens (including phenoxy) is 1. The van der Waals surface area contributed by atoms with E-state index in [0.29, 0.717) is 42.2 Å². The highest BCUT2D eigenvalue weighted by Crippen LogP contribution is 2.39. The van der Waals surface area contributed by atoms with Crippen molar-refractivity contribution in [2.75, 3.05) is 27.2 Å². The Labute approximate surface area is 308 Å². The summed E-state index contributed by atoms with van der Waals surface area (Å²) < 4.78 is 8.01. The van der Waals surface area contributed by atoms with E-state index in [1.54, 1.807) is 49.4 Å². The predicted molar refractivity (Wildman–Crippen MR) is 210 cm³/mol. The van der Waals surface area contributed by atoms with Gasteiger partial charge in [-0.25, -0.2) is 4.98 Å². The van der Waals surface area contributed by atoms with Crippen LogP contribution in [0.5, 0.6) is 5.88 Å². The largest absolute Gasteiger partial charge is 0.481 e. The molecule has 0 bridgehead atoms. The van der Waals surface area contributed by atoms with Crippen LogP contribution in [0.3, 0.4) is 0 Å². The van der Waals surface area contributed by atoms with Gasteiger partial charge in [0.05, 0.1) is 25.1 Å². The zero-order valence-electron chi connectivity index (χ0n) is 31.6. The molecule has 12 nitrogen and oxygen atoms in total. The molecular formula is C38H61N7O5S. The van der Waals surface area contributed by atoms with Gasteiger partial charge in [-0.3, -0.25) is 24.0 Å². The Hall–Kier alpha value is -4.36. The number of carboxylic acids is 1. The maximum atomic E-state index is 11.7. The summed E-state index contributed by atoms with van der Waals surface area (Å²) in [6.07, 6.45) is 14.4. The first-order chi connectivity index (χ1) is 24.4. The fourth-order valence-corrected chi connectivity index (χ4v) is 5.70. The molecule has 51 heavy (non-hydrogen) atoms. The highest BCUT2D eigenvalue weighted by atomic mass is 32.1.